The number of amides is 1. The number of fused-ring (bicyclic) bond motifs is 2. The summed E-state index contributed by atoms with van der Waals surface area (Å²) in [7, 11) is 0. The number of thioether (sulfide) groups is 1. The number of nitriles is 1. The largest absolute Gasteiger partial charge is 0.325 e. The van der Waals surface area contributed by atoms with Crippen molar-refractivity contribution >= 4 is 45.0 Å². The van der Waals surface area contributed by atoms with Crippen LogP contribution in [0.4, 0.5) is 5.69 Å². The highest BCUT2D eigenvalue weighted by atomic mass is 32.2. The summed E-state index contributed by atoms with van der Waals surface area (Å²) in [6.45, 7) is 2.35. The number of rotatable bonds is 5. The fourth-order valence-electron chi connectivity index (χ4n) is 3.23. The second kappa shape index (κ2) is 8.39. The summed E-state index contributed by atoms with van der Waals surface area (Å²) in [5, 5.41) is 14.7. The van der Waals surface area contributed by atoms with Crippen molar-refractivity contribution < 1.29 is 4.79 Å². The molecule has 0 spiro atoms. The van der Waals surface area contributed by atoms with E-state index in [1.165, 1.54) is 11.8 Å². The number of nitrogens with one attached hydrogen (secondary N) is 1. The number of nitrogens with zero attached hydrogens (tertiary/aromatic N) is 3. The normalized spacial score (nSPS) is 10.8. The molecule has 0 unspecified atom stereocenters. The quantitative estimate of drug-likeness (QED) is 0.301. The molecule has 0 aliphatic rings. The third-order valence-corrected chi connectivity index (χ3v) is 5.71. The summed E-state index contributed by atoms with van der Waals surface area (Å²) in [5.74, 6) is -0.0915. The summed E-state index contributed by atoms with van der Waals surface area (Å²) < 4.78 is 1.59. The SMILES string of the molecule is CCn1c(SCC(=O)Nc2ccc(C#N)cc2)nc2cc3ccccc3cc2c1=O. The Morgan fingerprint density at radius 3 is 2.50 bits per heavy atom. The van der Waals surface area contributed by atoms with E-state index in [1.54, 1.807) is 28.8 Å². The van der Waals surface area contributed by atoms with Gasteiger partial charge in [-0.1, -0.05) is 36.0 Å². The van der Waals surface area contributed by atoms with E-state index in [0.29, 0.717) is 33.9 Å². The molecule has 1 N–H and O–H groups in total. The van der Waals surface area contributed by atoms with Crippen LogP contribution < -0.4 is 10.9 Å². The van der Waals surface area contributed by atoms with E-state index in [0.717, 1.165) is 10.8 Å². The smallest absolute Gasteiger partial charge is 0.262 e. The molecule has 1 aromatic heterocycles. The zero-order valence-electron chi connectivity index (χ0n) is 16.3. The van der Waals surface area contributed by atoms with E-state index in [-0.39, 0.29) is 17.2 Å². The van der Waals surface area contributed by atoms with Crippen LogP contribution in [0.25, 0.3) is 21.7 Å². The first-order chi connectivity index (χ1) is 14.6. The van der Waals surface area contributed by atoms with Gasteiger partial charge in [0.15, 0.2) is 5.16 Å². The number of benzene rings is 3. The molecule has 1 heterocycles. The van der Waals surface area contributed by atoms with Crippen molar-refractivity contribution in [3.05, 3.63) is 76.6 Å². The predicted molar refractivity (Wildman–Crippen MR) is 120 cm³/mol. The first-order valence-corrected chi connectivity index (χ1v) is 10.4. The van der Waals surface area contributed by atoms with Gasteiger partial charge in [-0.05, 0) is 54.1 Å². The van der Waals surface area contributed by atoms with Crippen LogP contribution in [0.1, 0.15) is 12.5 Å². The van der Waals surface area contributed by atoms with E-state index in [2.05, 4.69) is 10.3 Å². The van der Waals surface area contributed by atoms with Gasteiger partial charge < -0.3 is 5.32 Å². The molecule has 0 bridgehead atoms. The van der Waals surface area contributed by atoms with Gasteiger partial charge >= 0.3 is 0 Å². The molecule has 3 aromatic carbocycles. The Hall–Kier alpha value is -3.63. The van der Waals surface area contributed by atoms with E-state index in [4.69, 9.17) is 5.26 Å². The van der Waals surface area contributed by atoms with Crippen LogP contribution in [0, 0.1) is 11.3 Å². The molecule has 4 rings (SSSR count). The Balaban J connectivity index is 1.59. The third-order valence-electron chi connectivity index (χ3n) is 4.73. The Morgan fingerprint density at radius 2 is 1.83 bits per heavy atom. The Morgan fingerprint density at radius 1 is 1.13 bits per heavy atom. The molecule has 0 saturated carbocycles. The average Bonchev–Trinajstić information content (AvgIpc) is 2.77. The molecule has 30 heavy (non-hydrogen) atoms. The van der Waals surface area contributed by atoms with Gasteiger partial charge in [0.1, 0.15) is 0 Å². The van der Waals surface area contributed by atoms with Gasteiger partial charge in [-0.3, -0.25) is 14.2 Å². The number of hydrogen-bond donors (Lipinski definition) is 1. The minimum absolute atomic E-state index is 0.108. The van der Waals surface area contributed by atoms with Crippen LogP contribution in [0.15, 0.2) is 70.6 Å². The maximum atomic E-state index is 13.0. The van der Waals surface area contributed by atoms with E-state index in [9.17, 15) is 9.59 Å². The second-order valence-corrected chi connectivity index (χ2v) is 7.63. The minimum Gasteiger partial charge on any atom is -0.325 e. The van der Waals surface area contributed by atoms with Crippen molar-refractivity contribution in [2.75, 3.05) is 11.1 Å². The molecule has 0 aliphatic heterocycles. The maximum Gasteiger partial charge on any atom is 0.262 e. The van der Waals surface area contributed by atoms with Crippen molar-refractivity contribution in [2.45, 2.75) is 18.6 Å². The first kappa shape index (κ1) is 19.7. The van der Waals surface area contributed by atoms with Crippen molar-refractivity contribution in [3.63, 3.8) is 0 Å². The monoisotopic (exact) mass is 414 g/mol. The summed E-state index contributed by atoms with van der Waals surface area (Å²) in [6.07, 6.45) is 0. The van der Waals surface area contributed by atoms with Crippen LogP contribution in [-0.2, 0) is 11.3 Å². The summed E-state index contributed by atoms with van der Waals surface area (Å²) in [6, 6.07) is 20.3. The molecule has 6 nitrogen and oxygen atoms in total. The standard InChI is InChI=1S/C23H18N4O2S/c1-2-27-22(29)19-11-16-5-3-4-6-17(16)12-20(19)26-23(27)30-14-21(28)25-18-9-7-15(13-24)8-10-18/h3-12H,2,14H2,1H3,(H,25,28). The topological polar surface area (TPSA) is 87.8 Å². The van der Waals surface area contributed by atoms with E-state index < -0.39 is 0 Å². The highest BCUT2D eigenvalue weighted by Crippen LogP contribution is 2.23. The molecule has 0 radical (unpaired) electrons. The van der Waals surface area contributed by atoms with Gasteiger partial charge in [0.05, 0.1) is 28.3 Å². The fourth-order valence-corrected chi connectivity index (χ4v) is 4.10. The number of aromatic nitrogens is 2. The van der Waals surface area contributed by atoms with Gasteiger partial charge in [0.2, 0.25) is 5.91 Å². The zero-order chi connectivity index (χ0) is 21.1. The van der Waals surface area contributed by atoms with Crippen LogP contribution in [0.5, 0.6) is 0 Å². The highest BCUT2D eigenvalue weighted by molar-refractivity contribution is 7.99. The molecule has 4 aromatic rings. The Labute approximate surface area is 177 Å². The molecule has 0 aliphatic carbocycles. The Kier molecular flexibility index (Phi) is 5.50. The molecule has 0 saturated heterocycles. The van der Waals surface area contributed by atoms with Crippen molar-refractivity contribution in [1.29, 1.82) is 5.26 Å². The van der Waals surface area contributed by atoms with Crippen LogP contribution in [-0.4, -0.2) is 21.2 Å². The molecule has 7 heteroatoms. The number of carbonyl (C=O) groups excluding carboxylic acids is 1. The first-order valence-electron chi connectivity index (χ1n) is 9.45. The Bertz CT molecular complexity index is 1350. The lowest BCUT2D eigenvalue weighted by molar-refractivity contribution is -0.113. The zero-order valence-corrected chi connectivity index (χ0v) is 17.1. The lowest BCUT2D eigenvalue weighted by atomic mass is 10.1. The van der Waals surface area contributed by atoms with Crippen LogP contribution >= 0.6 is 11.8 Å². The van der Waals surface area contributed by atoms with E-state index >= 15 is 0 Å². The summed E-state index contributed by atoms with van der Waals surface area (Å²) in [4.78, 5) is 30.0. The second-order valence-electron chi connectivity index (χ2n) is 6.69. The predicted octanol–water partition coefficient (Wildman–Crippen LogP) is 4.17. The van der Waals surface area contributed by atoms with E-state index in [1.807, 2.05) is 49.4 Å². The molecule has 0 atom stereocenters. The molecular weight excluding hydrogens is 396 g/mol. The maximum absolute atomic E-state index is 13.0. The van der Waals surface area contributed by atoms with Gasteiger partial charge in [0, 0.05) is 12.2 Å². The number of anilines is 1. The number of carbonyl (C=O) groups is 1. The summed E-state index contributed by atoms with van der Waals surface area (Å²) in [5.41, 5.74) is 1.66. The third kappa shape index (κ3) is 3.91. The number of hydrogen-bond acceptors (Lipinski definition) is 5. The highest BCUT2D eigenvalue weighted by Gasteiger charge is 2.13. The molecule has 1 amide bonds. The fraction of sp³-hybridized carbons (Fsp3) is 0.130. The van der Waals surface area contributed by atoms with Gasteiger partial charge in [-0.25, -0.2) is 4.98 Å². The van der Waals surface area contributed by atoms with Crippen molar-refractivity contribution in [3.8, 4) is 6.07 Å². The molecule has 148 valence electrons. The molecular formula is C23H18N4O2S. The van der Waals surface area contributed by atoms with Crippen molar-refractivity contribution in [2.24, 2.45) is 0 Å². The lowest BCUT2D eigenvalue weighted by Crippen LogP contribution is -2.23. The average molecular weight is 414 g/mol. The van der Waals surface area contributed by atoms with Gasteiger partial charge in [-0.2, -0.15) is 5.26 Å². The van der Waals surface area contributed by atoms with Crippen molar-refractivity contribution in [1.82, 2.24) is 9.55 Å². The molecule has 0 fully saturated rings. The summed E-state index contributed by atoms with van der Waals surface area (Å²) >= 11 is 1.23. The van der Waals surface area contributed by atoms with Crippen LogP contribution in [0.2, 0.25) is 0 Å². The lowest BCUT2D eigenvalue weighted by Gasteiger charge is -2.12. The van der Waals surface area contributed by atoms with Gasteiger partial charge in [0.25, 0.3) is 5.56 Å². The minimum atomic E-state index is -0.208. The van der Waals surface area contributed by atoms with Gasteiger partial charge in [-0.15, -0.1) is 0 Å². The van der Waals surface area contributed by atoms with Crippen LogP contribution in [0.3, 0.4) is 0 Å².